The van der Waals surface area contributed by atoms with Gasteiger partial charge in [-0.3, -0.25) is 0 Å². The largest absolute Gasteiger partial charge is 0.375 e. The minimum absolute atomic E-state index is 0.426. The maximum absolute atomic E-state index is 5.76. The van der Waals surface area contributed by atoms with Gasteiger partial charge in [-0.05, 0) is 72.1 Å². The van der Waals surface area contributed by atoms with Crippen molar-refractivity contribution in [3.63, 3.8) is 0 Å². The molecule has 2 unspecified atom stereocenters. The van der Waals surface area contributed by atoms with Crippen molar-refractivity contribution in [2.75, 3.05) is 26.2 Å². The molecule has 2 saturated heterocycles. The highest BCUT2D eigenvalue weighted by molar-refractivity contribution is 4.78. The highest BCUT2D eigenvalue weighted by Gasteiger charge is 2.23. The van der Waals surface area contributed by atoms with E-state index in [0.717, 1.165) is 0 Å². The van der Waals surface area contributed by atoms with Gasteiger partial charge in [0.25, 0.3) is 0 Å². The molecule has 0 aliphatic carbocycles. The summed E-state index contributed by atoms with van der Waals surface area (Å²) in [6.45, 7) is 9.47. The van der Waals surface area contributed by atoms with Crippen LogP contribution in [0.1, 0.15) is 46.0 Å². The first-order chi connectivity index (χ1) is 8.24. The first-order valence-electron chi connectivity index (χ1n) is 7.35. The standard InChI is InChI=1S/C14H28N2O/c1-12-10-14(11-13(2)17-12)15-6-5-9-16-7-3-4-8-16/h12-15H,3-11H2,1-2H3. The minimum atomic E-state index is 0.426. The zero-order valence-corrected chi connectivity index (χ0v) is 11.5. The Labute approximate surface area is 106 Å². The third-order valence-corrected chi connectivity index (χ3v) is 3.98. The van der Waals surface area contributed by atoms with Gasteiger partial charge in [0.1, 0.15) is 0 Å². The van der Waals surface area contributed by atoms with Crippen molar-refractivity contribution < 1.29 is 4.74 Å². The number of rotatable bonds is 5. The zero-order chi connectivity index (χ0) is 12.1. The quantitative estimate of drug-likeness (QED) is 0.744. The number of nitrogens with one attached hydrogen (secondary N) is 1. The molecule has 3 heteroatoms. The summed E-state index contributed by atoms with van der Waals surface area (Å²) >= 11 is 0. The average Bonchev–Trinajstić information content (AvgIpc) is 2.76. The van der Waals surface area contributed by atoms with E-state index in [4.69, 9.17) is 4.74 Å². The Morgan fingerprint density at radius 2 is 1.76 bits per heavy atom. The van der Waals surface area contributed by atoms with E-state index in [0.29, 0.717) is 18.2 Å². The van der Waals surface area contributed by atoms with Crippen molar-refractivity contribution in [1.29, 1.82) is 0 Å². The number of likely N-dealkylation sites (tertiary alicyclic amines) is 1. The van der Waals surface area contributed by atoms with E-state index >= 15 is 0 Å². The molecule has 2 rings (SSSR count). The van der Waals surface area contributed by atoms with E-state index in [1.54, 1.807) is 0 Å². The number of hydrogen-bond acceptors (Lipinski definition) is 3. The Morgan fingerprint density at radius 3 is 2.41 bits per heavy atom. The Bertz CT molecular complexity index is 206. The predicted octanol–water partition coefficient (Wildman–Crippen LogP) is 2.02. The van der Waals surface area contributed by atoms with Crippen LogP contribution >= 0.6 is 0 Å². The van der Waals surface area contributed by atoms with E-state index in [2.05, 4.69) is 24.1 Å². The van der Waals surface area contributed by atoms with Gasteiger partial charge in [0.15, 0.2) is 0 Å². The molecule has 0 saturated carbocycles. The average molecular weight is 240 g/mol. The number of nitrogens with zero attached hydrogens (tertiary/aromatic N) is 1. The SMILES string of the molecule is CC1CC(NCCCN2CCCC2)CC(C)O1. The third-order valence-electron chi connectivity index (χ3n) is 3.98. The molecular weight excluding hydrogens is 212 g/mol. The summed E-state index contributed by atoms with van der Waals surface area (Å²) in [6.07, 6.45) is 7.30. The smallest absolute Gasteiger partial charge is 0.0565 e. The van der Waals surface area contributed by atoms with Crippen molar-refractivity contribution in [3.05, 3.63) is 0 Å². The van der Waals surface area contributed by atoms with Crippen LogP contribution in [0.15, 0.2) is 0 Å². The summed E-state index contributed by atoms with van der Waals surface area (Å²) in [4.78, 5) is 2.59. The van der Waals surface area contributed by atoms with Crippen molar-refractivity contribution in [3.8, 4) is 0 Å². The van der Waals surface area contributed by atoms with Gasteiger partial charge in [-0.2, -0.15) is 0 Å². The number of ether oxygens (including phenoxy) is 1. The molecule has 2 aliphatic heterocycles. The molecule has 100 valence electrons. The Hall–Kier alpha value is -0.120. The Morgan fingerprint density at radius 1 is 1.12 bits per heavy atom. The lowest BCUT2D eigenvalue weighted by Crippen LogP contribution is -2.42. The molecule has 0 bridgehead atoms. The van der Waals surface area contributed by atoms with Crippen LogP contribution in [0.2, 0.25) is 0 Å². The Kier molecular flexibility index (Phi) is 5.26. The lowest BCUT2D eigenvalue weighted by molar-refractivity contribution is -0.0420. The highest BCUT2D eigenvalue weighted by Crippen LogP contribution is 2.18. The van der Waals surface area contributed by atoms with Gasteiger partial charge in [-0.25, -0.2) is 0 Å². The summed E-state index contributed by atoms with van der Waals surface area (Å²) in [5, 5.41) is 3.70. The fraction of sp³-hybridized carbons (Fsp3) is 1.00. The molecular formula is C14H28N2O. The number of hydrogen-bond donors (Lipinski definition) is 1. The fourth-order valence-electron chi connectivity index (χ4n) is 3.19. The molecule has 0 amide bonds. The second kappa shape index (κ2) is 6.72. The van der Waals surface area contributed by atoms with Crippen LogP contribution in [-0.4, -0.2) is 49.3 Å². The van der Waals surface area contributed by atoms with E-state index in [-0.39, 0.29) is 0 Å². The van der Waals surface area contributed by atoms with Crippen LogP contribution < -0.4 is 5.32 Å². The van der Waals surface area contributed by atoms with E-state index in [9.17, 15) is 0 Å². The van der Waals surface area contributed by atoms with Gasteiger partial charge in [0.05, 0.1) is 12.2 Å². The maximum Gasteiger partial charge on any atom is 0.0565 e. The van der Waals surface area contributed by atoms with Gasteiger partial charge in [-0.15, -0.1) is 0 Å². The van der Waals surface area contributed by atoms with E-state index < -0.39 is 0 Å². The minimum Gasteiger partial charge on any atom is -0.375 e. The summed E-state index contributed by atoms with van der Waals surface area (Å²) in [6, 6.07) is 0.673. The lowest BCUT2D eigenvalue weighted by Gasteiger charge is -2.32. The monoisotopic (exact) mass is 240 g/mol. The molecule has 1 N–H and O–H groups in total. The van der Waals surface area contributed by atoms with Crippen LogP contribution in [0.4, 0.5) is 0 Å². The highest BCUT2D eigenvalue weighted by atomic mass is 16.5. The van der Waals surface area contributed by atoms with Gasteiger partial charge >= 0.3 is 0 Å². The van der Waals surface area contributed by atoms with Gasteiger partial charge in [0, 0.05) is 6.04 Å². The summed E-state index contributed by atoms with van der Waals surface area (Å²) in [7, 11) is 0. The molecule has 17 heavy (non-hydrogen) atoms. The van der Waals surface area contributed by atoms with Crippen LogP contribution in [0.25, 0.3) is 0 Å². The lowest BCUT2D eigenvalue weighted by atomic mass is 10.00. The molecule has 0 aromatic carbocycles. The van der Waals surface area contributed by atoms with Crippen LogP contribution in [0.3, 0.4) is 0 Å². The first kappa shape index (κ1) is 13.3. The van der Waals surface area contributed by atoms with Crippen molar-refractivity contribution in [1.82, 2.24) is 10.2 Å². The normalized spacial score (nSPS) is 35.3. The van der Waals surface area contributed by atoms with Crippen molar-refractivity contribution >= 4 is 0 Å². The maximum atomic E-state index is 5.76. The van der Waals surface area contributed by atoms with Crippen LogP contribution in [0.5, 0.6) is 0 Å². The molecule has 2 fully saturated rings. The fourth-order valence-corrected chi connectivity index (χ4v) is 3.19. The second-order valence-electron chi connectivity index (χ2n) is 5.78. The van der Waals surface area contributed by atoms with Gasteiger partial charge < -0.3 is 15.0 Å². The van der Waals surface area contributed by atoms with E-state index in [1.165, 1.54) is 58.3 Å². The molecule has 0 aromatic rings. The molecule has 2 atom stereocenters. The second-order valence-corrected chi connectivity index (χ2v) is 5.78. The summed E-state index contributed by atoms with van der Waals surface area (Å²) in [5.74, 6) is 0. The van der Waals surface area contributed by atoms with Crippen molar-refractivity contribution in [2.24, 2.45) is 0 Å². The van der Waals surface area contributed by atoms with Crippen molar-refractivity contribution in [2.45, 2.75) is 64.2 Å². The summed E-state index contributed by atoms with van der Waals surface area (Å²) < 4.78 is 5.76. The molecule has 0 radical (unpaired) electrons. The molecule has 2 aliphatic rings. The molecule has 0 spiro atoms. The zero-order valence-electron chi connectivity index (χ0n) is 11.5. The van der Waals surface area contributed by atoms with Gasteiger partial charge in [-0.1, -0.05) is 0 Å². The van der Waals surface area contributed by atoms with E-state index in [1.807, 2.05) is 0 Å². The molecule has 2 heterocycles. The van der Waals surface area contributed by atoms with Gasteiger partial charge in [0.2, 0.25) is 0 Å². The topological polar surface area (TPSA) is 24.5 Å². The third kappa shape index (κ3) is 4.57. The summed E-state index contributed by atoms with van der Waals surface area (Å²) in [5.41, 5.74) is 0. The Balaban J connectivity index is 1.54. The molecule has 3 nitrogen and oxygen atoms in total. The molecule has 0 aromatic heterocycles. The van der Waals surface area contributed by atoms with Crippen LogP contribution in [0, 0.1) is 0 Å². The van der Waals surface area contributed by atoms with Crippen LogP contribution in [-0.2, 0) is 4.74 Å². The first-order valence-corrected chi connectivity index (χ1v) is 7.35. The predicted molar refractivity (Wildman–Crippen MR) is 71.3 cm³/mol.